The van der Waals surface area contributed by atoms with Gasteiger partial charge in [0.25, 0.3) is 0 Å². The summed E-state index contributed by atoms with van der Waals surface area (Å²) in [6.45, 7) is 3.27. The molecule has 2 heterocycles. The predicted molar refractivity (Wildman–Crippen MR) is 87.2 cm³/mol. The number of hydrogen-bond acceptors (Lipinski definition) is 4. The molecule has 1 atom stereocenters. The van der Waals surface area contributed by atoms with E-state index in [2.05, 4.69) is 5.32 Å². The molecule has 0 bridgehead atoms. The van der Waals surface area contributed by atoms with Crippen LogP contribution in [-0.2, 0) is 0 Å². The normalized spacial score (nSPS) is 17.5. The van der Waals surface area contributed by atoms with Crippen molar-refractivity contribution in [3.8, 4) is 5.75 Å². The number of thioether (sulfide) groups is 1. The van der Waals surface area contributed by atoms with Crippen LogP contribution in [0, 0.1) is 0 Å². The van der Waals surface area contributed by atoms with Gasteiger partial charge in [0.1, 0.15) is 16.9 Å². The summed E-state index contributed by atoms with van der Waals surface area (Å²) < 4.78 is 10.8. The van der Waals surface area contributed by atoms with E-state index < -0.39 is 0 Å². The van der Waals surface area contributed by atoms with Gasteiger partial charge in [0.05, 0.1) is 12.9 Å². The highest BCUT2D eigenvalue weighted by Gasteiger charge is 2.32. The lowest BCUT2D eigenvalue weighted by atomic mass is 10.3. The minimum Gasteiger partial charge on any atom is -0.494 e. The van der Waals surface area contributed by atoms with Crippen molar-refractivity contribution >= 4 is 23.5 Å². The fourth-order valence-corrected chi connectivity index (χ4v) is 3.55. The summed E-state index contributed by atoms with van der Waals surface area (Å²) in [4.78, 5) is 14.3. The molecule has 22 heavy (non-hydrogen) atoms. The number of urea groups is 1. The molecule has 0 spiro atoms. The highest BCUT2D eigenvalue weighted by molar-refractivity contribution is 7.99. The summed E-state index contributed by atoms with van der Waals surface area (Å²) >= 11 is 1.71. The van der Waals surface area contributed by atoms with Crippen molar-refractivity contribution in [1.82, 2.24) is 4.90 Å². The lowest BCUT2D eigenvalue weighted by Gasteiger charge is -2.22. The molecule has 2 aromatic rings. The van der Waals surface area contributed by atoms with Crippen LogP contribution in [0.1, 0.15) is 18.1 Å². The van der Waals surface area contributed by atoms with Crippen LogP contribution in [0.5, 0.6) is 5.75 Å². The Morgan fingerprint density at radius 3 is 2.91 bits per heavy atom. The van der Waals surface area contributed by atoms with Gasteiger partial charge < -0.3 is 19.4 Å². The van der Waals surface area contributed by atoms with E-state index >= 15 is 0 Å². The molecule has 0 aliphatic carbocycles. The van der Waals surface area contributed by atoms with E-state index in [1.165, 1.54) is 0 Å². The number of carbonyl (C=O) groups excluding carboxylic acids is 1. The van der Waals surface area contributed by atoms with Crippen LogP contribution in [0.15, 0.2) is 47.1 Å². The maximum atomic E-state index is 12.5. The van der Waals surface area contributed by atoms with E-state index in [0.29, 0.717) is 13.2 Å². The molecule has 1 unspecified atom stereocenters. The first-order valence-corrected chi connectivity index (χ1v) is 8.28. The van der Waals surface area contributed by atoms with E-state index in [0.717, 1.165) is 22.9 Å². The minimum atomic E-state index is -0.115. The van der Waals surface area contributed by atoms with E-state index in [-0.39, 0.29) is 11.4 Å². The lowest BCUT2D eigenvalue weighted by molar-refractivity contribution is 0.209. The molecule has 0 radical (unpaired) electrons. The molecule has 1 aliphatic rings. The molecule has 116 valence electrons. The number of anilines is 1. The van der Waals surface area contributed by atoms with Crippen molar-refractivity contribution in [2.45, 2.75) is 12.3 Å². The number of nitrogens with zero attached hydrogens (tertiary/aromatic N) is 1. The fraction of sp³-hybridized carbons (Fsp3) is 0.312. The van der Waals surface area contributed by atoms with Crippen LogP contribution in [0.3, 0.4) is 0 Å². The smallest absolute Gasteiger partial charge is 0.323 e. The van der Waals surface area contributed by atoms with Crippen LogP contribution < -0.4 is 10.1 Å². The lowest BCUT2D eigenvalue weighted by Crippen LogP contribution is -2.34. The quantitative estimate of drug-likeness (QED) is 0.927. The number of benzene rings is 1. The summed E-state index contributed by atoms with van der Waals surface area (Å²) in [7, 11) is 0. The third-order valence-corrected chi connectivity index (χ3v) is 4.58. The van der Waals surface area contributed by atoms with E-state index in [1.807, 2.05) is 43.3 Å². The van der Waals surface area contributed by atoms with Crippen LogP contribution >= 0.6 is 11.8 Å². The van der Waals surface area contributed by atoms with Crippen molar-refractivity contribution in [3.05, 3.63) is 48.4 Å². The molecule has 3 rings (SSSR count). The molecule has 1 aliphatic heterocycles. The number of nitrogens with one attached hydrogen (secondary N) is 1. The Hall–Kier alpha value is -2.08. The highest BCUT2D eigenvalue weighted by atomic mass is 32.2. The molecule has 1 fully saturated rings. The second kappa shape index (κ2) is 6.79. The van der Waals surface area contributed by atoms with Gasteiger partial charge in [-0.1, -0.05) is 0 Å². The number of carbonyl (C=O) groups is 1. The van der Waals surface area contributed by atoms with Gasteiger partial charge >= 0.3 is 6.03 Å². The first kappa shape index (κ1) is 14.8. The third-order valence-electron chi connectivity index (χ3n) is 3.36. The molecular weight excluding hydrogens is 300 g/mol. The van der Waals surface area contributed by atoms with Gasteiger partial charge in [-0.05, 0) is 43.3 Å². The third kappa shape index (κ3) is 3.22. The largest absolute Gasteiger partial charge is 0.494 e. The fourth-order valence-electron chi connectivity index (χ4n) is 2.34. The van der Waals surface area contributed by atoms with Gasteiger partial charge in [0, 0.05) is 18.0 Å². The van der Waals surface area contributed by atoms with Crippen molar-refractivity contribution in [2.75, 3.05) is 24.2 Å². The van der Waals surface area contributed by atoms with Crippen molar-refractivity contribution in [2.24, 2.45) is 0 Å². The maximum absolute atomic E-state index is 12.5. The number of rotatable bonds is 4. The average molecular weight is 318 g/mol. The number of hydrogen-bond donors (Lipinski definition) is 1. The minimum absolute atomic E-state index is 0.0577. The number of furan rings is 1. The summed E-state index contributed by atoms with van der Waals surface area (Å²) in [5.41, 5.74) is 0.753. The Morgan fingerprint density at radius 1 is 1.41 bits per heavy atom. The predicted octanol–water partition coefficient (Wildman–Crippen LogP) is 3.96. The van der Waals surface area contributed by atoms with Crippen molar-refractivity contribution in [3.63, 3.8) is 0 Å². The molecule has 1 aromatic carbocycles. The average Bonchev–Trinajstić information content (AvgIpc) is 3.20. The molecule has 6 heteroatoms. The zero-order valence-electron chi connectivity index (χ0n) is 12.3. The van der Waals surface area contributed by atoms with Crippen LogP contribution in [0.4, 0.5) is 10.5 Å². The zero-order valence-corrected chi connectivity index (χ0v) is 13.1. The zero-order chi connectivity index (χ0) is 15.4. The van der Waals surface area contributed by atoms with Crippen LogP contribution in [0.2, 0.25) is 0 Å². The van der Waals surface area contributed by atoms with Gasteiger partial charge in [-0.25, -0.2) is 4.79 Å². The van der Waals surface area contributed by atoms with Crippen molar-refractivity contribution < 1.29 is 13.9 Å². The van der Waals surface area contributed by atoms with Crippen LogP contribution in [0.25, 0.3) is 0 Å². The molecule has 5 nitrogen and oxygen atoms in total. The van der Waals surface area contributed by atoms with Gasteiger partial charge in [-0.2, -0.15) is 0 Å². The van der Waals surface area contributed by atoms with Gasteiger partial charge in [-0.15, -0.1) is 11.8 Å². The molecular formula is C16H18N2O3S. The van der Waals surface area contributed by atoms with E-state index in [4.69, 9.17) is 9.15 Å². The monoisotopic (exact) mass is 318 g/mol. The summed E-state index contributed by atoms with van der Waals surface area (Å²) in [5.74, 6) is 2.51. The Kier molecular flexibility index (Phi) is 4.58. The Morgan fingerprint density at radius 2 is 2.23 bits per heavy atom. The Bertz CT molecular complexity index is 613. The standard InChI is InChI=1S/C16H18N2O3S/c1-2-20-13-7-5-12(6-8-13)17-16(19)18-9-11-22-15(18)14-4-3-10-21-14/h3-8,10,15H,2,9,11H2,1H3,(H,17,19). The first-order chi connectivity index (χ1) is 10.8. The maximum Gasteiger partial charge on any atom is 0.323 e. The molecule has 1 N–H and O–H groups in total. The topological polar surface area (TPSA) is 54.7 Å². The Labute approximate surface area is 133 Å². The highest BCUT2D eigenvalue weighted by Crippen LogP contribution is 2.38. The number of amides is 2. The van der Waals surface area contributed by atoms with E-state index in [1.54, 1.807) is 22.9 Å². The molecule has 2 amide bonds. The molecule has 0 saturated carbocycles. The second-order valence-electron chi connectivity index (χ2n) is 4.82. The molecule has 1 saturated heterocycles. The van der Waals surface area contributed by atoms with Crippen molar-refractivity contribution in [1.29, 1.82) is 0 Å². The second-order valence-corrected chi connectivity index (χ2v) is 6.01. The Balaban J connectivity index is 1.66. The SMILES string of the molecule is CCOc1ccc(NC(=O)N2CCSC2c2ccco2)cc1. The van der Waals surface area contributed by atoms with Gasteiger partial charge in [-0.3, -0.25) is 0 Å². The van der Waals surface area contributed by atoms with Gasteiger partial charge in [0.15, 0.2) is 0 Å². The number of ether oxygens (including phenoxy) is 1. The first-order valence-electron chi connectivity index (χ1n) is 7.23. The van der Waals surface area contributed by atoms with Gasteiger partial charge in [0.2, 0.25) is 0 Å². The summed E-state index contributed by atoms with van der Waals surface area (Å²) in [6.07, 6.45) is 1.64. The summed E-state index contributed by atoms with van der Waals surface area (Å²) in [5, 5.41) is 2.86. The summed E-state index contributed by atoms with van der Waals surface area (Å²) in [6, 6.07) is 11.0. The molecule has 1 aromatic heterocycles. The van der Waals surface area contributed by atoms with Crippen LogP contribution in [-0.4, -0.2) is 29.8 Å². The van der Waals surface area contributed by atoms with E-state index in [9.17, 15) is 4.79 Å².